The topological polar surface area (TPSA) is 86.8 Å². The molecule has 0 heterocycles. The molecule has 1 atom stereocenters. The second-order valence-electron chi connectivity index (χ2n) is 9.47. The van der Waals surface area contributed by atoms with E-state index in [-0.39, 0.29) is 23.0 Å². The zero-order valence-corrected chi connectivity index (χ0v) is 24.5. The Bertz CT molecular complexity index is 1400. The van der Waals surface area contributed by atoms with Crippen LogP contribution in [0.25, 0.3) is 0 Å². The fourth-order valence-corrected chi connectivity index (χ4v) is 5.95. The van der Waals surface area contributed by atoms with Crippen molar-refractivity contribution in [3.05, 3.63) is 94.8 Å². The molecular formula is C30H35ClFN3O4S. The van der Waals surface area contributed by atoms with Crippen molar-refractivity contribution < 1.29 is 22.4 Å². The van der Waals surface area contributed by atoms with Gasteiger partial charge in [-0.1, -0.05) is 68.3 Å². The molecule has 3 aromatic rings. The number of unbranched alkanes of at least 4 members (excludes halogenated alkanes) is 1. The highest BCUT2D eigenvalue weighted by atomic mass is 35.5. The number of amides is 2. The summed E-state index contributed by atoms with van der Waals surface area (Å²) in [6.07, 6.45) is 1.97. The van der Waals surface area contributed by atoms with Crippen molar-refractivity contribution in [1.82, 2.24) is 10.2 Å². The molecule has 3 aromatic carbocycles. The number of rotatable bonds is 13. The summed E-state index contributed by atoms with van der Waals surface area (Å²) in [6.45, 7) is 5.41. The number of hydrogen-bond donors (Lipinski definition) is 1. The maximum Gasteiger partial charge on any atom is 0.264 e. The van der Waals surface area contributed by atoms with Gasteiger partial charge in [-0.25, -0.2) is 12.8 Å². The molecule has 3 rings (SSSR count). The lowest BCUT2D eigenvalue weighted by Crippen LogP contribution is -2.52. The van der Waals surface area contributed by atoms with Crippen LogP contribution in [-0.4, -0.2) is 44.3 Å². The highest BCUT2D eigenvalue weighted by Crippen LogP contribution is 2.30. The molecule has 40 heavy (non-hydrogen) atoms. The van der Waals surface area contributed by atoms with Gasteiger partial charge in [0.15, 0.2) is 0 Å². The molecule has 7 nitrogen and oxygen atoms in total. The highest BCUT2D eigenvalue weighted by molar-refractivity contribution is 7.92. The first-order valence-electron chi connectivity index (χ1n) is 13.2. The third kappa shape index (κ3) is 7.82. The molecule has 0 aliphatic heterocycles. The Labute approximate surface area is 241 Å². The predicted molar refractivity (Wildman–Crippen MR) is 156 cm³/mol. The monoisotopic (exact) mass is 587 g/mol. The summed E-state index contributed by atoms with van der Waals surface area (Å²) in [7, 11) is -4.19. The normalized spacial score (nSPS) is 12.0. The van der Waals surface area contributed by atoms with E-state index in [2.05, 4.69) is 5.32 Å². The summed E-state index contributed by atoms with van der Waals surface area (Å²) >= 11 is 6.25. The molecule has 0 bridgehead atoms. The summed E-state index contributed by atoms with van der Waals surface area (Å²) in [5, 5.41) is 3.19. The van der Waals surface area contributed by atoms with E-state index in [0.29, 0.717) is 29.1 Å². The Balaban J connectivity index is 2.06. The van der Waals surface area contributed by atoms with Gasteiger partial charge in [-0.3, -0.25) is 13.9 Å². The SMILES string of the molecule is CCCCNC(=O)[C@H](CC)N(Cc1ccc(F)cc1)C(=O)CN(c1cc(Cl)ccc1C)S(=O)(=O)c1ccccc1. The fraction of sp³-hybridized carbons (Fsp3) is 0.333. The third-order valence-electron chi connectivity index (χ3n) is 6.53. The fourth-order valence-electron chi connectivity index (χ4n) is 4.30. The Kier molecular flexibility index (Phi) is 11.1. The number of nitrogens with zero attached hydrogens (tertiary/aromatic N) is 2. The van der Waals surface area contributed by atoms with Gasteiger partial charge in [-0.15, -0.1) is 0 Å². The molecule has 0 aromatic heterocycles. The zero-order chi connectivity index (χ0) is 29.3. The van der Waals surface area contributed by atoms with E-state index in [0.717, 1.165) is 17.1 Å². The van der Waals surface area contributed by atoms with Crippen LogP contribution in [0.3, 0.4) is 0 Å². The second kappa shape index (κ2) is 14.3. The smallest absolute Gasteiger partial charge is 0.264 e. The first-order valence-corrected chi connectivity index (χ1v) is 15.1. The first-order chi connectivity index (χ1) is 19.1. The van der Waals surface area contributed by atoms with E-state index in [9.17, 15) is 22.4 Å². The summed E-state index contributed by atoms with van der Waals surface area (Å²) in [4.78, 5) is 28.6. The van der Waals surface area contributed by atoms with Crippen molar-refractivity contribution in [3.8, 4) is 0 Å². The lowest BCUT2D eigenvalue weighted by Gasteiger charge is -2.33. The summed E-state index contributed by atoms with van der Waals surface area (Å²) in [5.74, 6) is -1.34. The molecule has 1 N–H and O–H groups in total. The van der Waals surface area contributed by atoms with Crippen molar-refractivity contribution >= 4 is 39.1 Å². The molecule has 0 fully saturated rings. The van der Waals surface area contributed by atoms with Gasteiger partial charge in [-0.2, -0.15) is 0 Å². The molecule has 0 saturated carbocycles. The molecule has 0 aliphatic rings. The second-order valence-corrected chi connectivity index (χ2v) is 11.8. The summed E-state index contributed by atoms with van der Waals surface area (Å²) in [6, 6.07) is 17.4. The minimum atomic E-state index is -4.19. The number of anilines is 1. The minimum absolute atomic E-state index is 0.00737. The molecule has 0 unspecified atom stereocenters. The molecule has 2 amide bonds. The van der Waals surface area contributed by atoms with Gasteiger partial charge in [0, 0.05) is 18.1 Å². The number of benzene rings is 3. The number of halogens is 2. The number of nitrogens with one attached hydrogen (secondary N) is 1. The van der Waals surface area contributed by atoms with E-state index in [1.54, 1.807) is 44.2 Å². The van der Waals surface area contributed by atoms with Crippen molar-refractivity contribution in [2.24, 2.45) is 0 Å². The van der Waals surface area contributed by atoms with Crippen molar-refractivity contribution in [1.29, 1.82) is 0 Å². The van der Waals surface area contributed by atoms with E-state index in [4.69, 9.17) is 11.6 Å². The van der Waals surface area contributed by atoms with E-state index >= 15 is 0 Å². The van der Waals surface area contributed by atoms with E-state index in [1.807, 2.05) is 6.92 Å². The lowest BCUT2D eigenvalue weighted by molar-refractivity contribution is -0.140. The number of aryl methyl sites for hydroxylation is 1. The largest absolute Gasteiger partial charge is 0.354 e. The Morgan fingerprint density at radius 2 is 1.68 bits per heavy atom. The Hall–Kier alpha value is -3.43. The third-order valence-corrected chi connectivity index (χ3v) is 8.54. The molecular weight excluding hydrogens is 553 g/mol. The molecule has 0 saturated heterocycles. The molecule has 0 radical (unpaired) electrons. The summed E-state index contributed by atoms with van der Waals surface area (Å²) in [5.41, 5.74) is 1.46. The maximum atomic E-state index is 14.0. The van der Waals surface area contributed by atoms with Crippen molar-refractivity contribution in [2.45, 2.75) is 57.5 Å². The van der Waals surface area contributed by atoms with Crippen LogP contribution in [0.2, 0.25) is 5.02 Å². The Morgan fingerprint density at radius 3 is 2.30 bits per heavy atom. The number of carbonyl (C=O) groups excluding carboxylic acids is 2. The Morgan fingerprint density at radius 1 is 1.00 bits per heavy atom. The average Bonchev–Trinajstić information content (AvgIpc) is 2.94. The van der Waals surface area contributed by atoms with Crippen LogP contribution in [0.4, 0.5) is 10.1 Å². The van der Waals surface area contributed by atoms with Crippen molar-refractivity contribution in [2.75, 3.05) is 17.4 Å². The number of carbonyl (C=O) groups is 2. The van der Waals surface area contributed by atoms with Crippen LogP contribution < -0.4 is 9.62 Å². The van der Waals surface area contributed by atoms with Gasteiger partial charge in [0.05, 0.1) is 10.6 Å². The molecule has 0 aliphatic carbocycles. The van der Waals surface area contributed by atoms with Crippen LogP contribution >= 0.6 is 11.6 Å². The van der Waals surface area contributed by atoms with Crippen LogP contribution in [0.15, 0.2) is 77.7 Å². The predicted octanol–water partition coefficient (Wildman–Crippen LogP) is 5.71. The van der Waals surface area contributed by atoms with Crippen molar-refractivity contribution in [3.63, 3.8) is 0 Å². The summed E-state index contributed by atoms with van der Waals surface area (Å²) < 4.78 is 42.4. The van der Waals surface area contributed by atoms with Crippen LogP contribution in [-0.2, 0) is 26.2 Å². The van der Waals surface area contributed by atoms with Crippen LogP contribution in [0.1, 0.15) is 44.2 Å². The molecule has 0 spiro atoms. The minimum Gasteiger partial charge on any atom is -0.354 e. The lowest BCUT2D eigenvalue weighted by atomic mass is 10.1. The number of sulfonamides is 1. The molecule has 214 valence electrons. The van der Waals surface area contributed by atoms with Gasteiger partial charge >= 0.3 is 0 Å². The van der Waals surface area contributed by atoms with Crippen LogP contribution in [0, 0.1) is 12.7 Å². The van der Waals surface area contributed by atoms with Gasteiger partial charge in [0.2, 0.25) is 11.8 Å². The van der Waals surface area contributed by atoms with E-state index < -0.39 is 34.3 Å². The van der Waals surface area contributed by atoms with E-state index in [1.165, 1.54) is 47.4 Å². The average molecular weight is 588 g/mol. The van der Waals surface area contributed by atoms with Gasteiger partial charge in [0.25, 0.3) is 10.0 Å². The highest BCUT2D eigenvalue weighted by Gasteiger charge is 2.34. The standard InChI is InChI=1S/C30H35ClFN3O4S/c1-4-6-18-33-30(37)27(5-2)34(20-23-13-16-25(32)17-14-23)29(36)21-35(28-19-24(31)15-12-22(28)3)40(38,39)26-10-8-7-9-11-26/h7-17,19,27H,4-6,18,20-21H2,1-3H3,(H,33,37)/t27-/m0/s1. The zero-order valence-electron chi connectivity index (χ0n) is 22.9. The molecule has 10 heteroatoms. The number of hydrogen-bond acceptors (Lipinski definition) is 4. The first kappa shape index (κ1) is 31.1. The van der Waals surface area contributed by atoms with Crippen LogP contribution in [0.5, 0.6) is 0 Å². The van der Waals surface area contributed by atoms with Gasteiger partial charge in [-0.05, 0) is 67.3 Å². The van der Waals surface area contributed by atoms with Gasteiger partial charge < -0.3 is 10.2 Å². The quantitative estimate of drug-likeness (QED) is 0.260. The maximum absolute atomic E-state index is 14.0. The van der Waals surface area contributed by atoms with Gasteiger partial charge in [0.1, 0.15) is 18.4 Å².